The van der Waals surface area contributed by atoms with E-state index in [4.69, 9.17) is 0 Å². The summed E-state index contributed by atoms with van der Waals surface area (Å²) in [6, 6.07) is 0. The maximum atomic E-state index is 3.71. The lowest BCUT2D eigenvalue weighted by molar-refractivity contribution is 0.194. The second-order valence-electron chi connectivity index (χ2n) is 6.66. The Morgan fingerprint density at radius 3 is 1.64 bits per heavy atom. The van der Waals surface area contributed by atoms with Crippen molar-refractivity contribution in [1.82, 2.24) is 5.32 Å². The third-order valence-corrected chi connectivity index (χ3v) is 4.02. The van der Waals surface area contributed by atoms with Gasteiger partial charge in [0.15, 0.2) is 0 Å². The molecule has 0 atom stereocenters. The monoisotopic (exact) mass is 195 g/mol. The largest absolute Gasteiger partial charge is 0.312 e. The highest BCUT2D eigenvalue weighted by Gasteiger charge is 2.50. The Morgan fingerprint density at radius 1 is 0.929 bits per heavy atom. The van der Waals surface area contributed by atoms with Crippen LogP contribution in [0.5, 0.6) is 0 Å². The molecule has 0 aromatic rings. The average molecular weight is 195 g/mol. The van der Waals surface area contributed by atoms with Gasteiger partial charge in [-0.2, -0.15) is 0 Å². The maximum Gasteiger partial charge on any atom is 0.00967 e. The van der Waals surface area contributed by atoms with Gasteiger partial charge in [0.1, 0.15) is 0 Å². The molecule has 2 aliphatic rings. The minimum absolute atomic E-state index is 0.283. The van der Waals surface area contributed by atoms with Gasteiger partial charge in [0.05, 0.1) is 0 Å². The van der Waals surface area contributed by atoms with E-state index < -0.39 is 0 Å². The molecule has 2 aliphatic carbocycles. The summed E-state index contributed by atoms with van der Waals surface area (Å²) in [5.41, 5.74) is 0.901. The first-order valence-electron chi connectivity index (χ1n) is 6.17. The zero-order chi connectivity index (χ0) is 10.4. The van der Waals surface area contributed by atoms with E-state index in [9.17, 15) is 0 Å². The molecule has 1 N–H and O–H groups in total. The van der Waals surface area contributed by atoms with E-state index in [1.165, 1.54) is 32.2 Å². The molecule has 0 aromatic heterocycles. The average Bonchev–Trinajstić information content (AvgIpc) is 2.83. The van der Waals surface area contributed by atoms with E-state index in [0.29, 0.717) is 5.41 Å². The van der Waals surface area contributed by atoms with Crippen LogP contribution in [0, 0.1) is 17.3 Å². The van der Waals surface area contributed by atoms with Gasteiger partial charge in [0, 0.05) is 12.1 Å². The molecule has 1 heteroatoms. The Bertz CT molecular complexity index is 194. The first kappa shape index (κ1) is 10.5. The summed E-state index contributed by atoms with van der Waals surface area (Å²) in [4.78, 5) is 0. The second kappa shape index (κ2) is 3.23. The molecule has 0 radical (unpaired) electrons. The molecule has 0 saturated heterocycles. The first-order chi connectivity index (χ1) is 6.42. The van der Waals surface area contributed by atoms with Crippen molar-refractivity contribution in [1.29, 1.82) is 0 Å². The molecule has 0 aliphatic heterocycles. The second-order valence-corrected chi connectivity index (χ2v) is 6.66. The third-order valence-electron chi connectivity index (χ3n) is 4.02. The van der Waals surface area contributed by atoms with Gasteiger partial charge in [-0.3, -0.25) is 0 Å². The molecule has 14 heavy (non-hydrogen) atoms. The summed E-state index contributed by atoms with van der Waals surface area (Å²) in [6.07, 6.45) is 5.94. The van der Waals surface area contributed by atoms with Crippen molar-refractivity contribution in [2.75, 3.05) is 6.54 Å². The summed E-state index contributed by atoms with van der Waals surface area (Å²) in [6.45, 7) is 10.6. The third kappa shape index (κ3) is 2.31. The molecule has 2 fully saturated rings. The minimum Gasteiger partial charge on any atom is -0.312 e. The smallest absolute Gasteiger partial charge is 0.00967 e. The fourth-order valence-corrected chi connectivity index (χ4v) is 2.56. The van der Waals surface area contributed by atoms with Crippen molar-refractivity contribution in [2.45, 2.75) is 58.9 Å². The van der Waals surface area contributed by atoms with Crippen molar-refractivity contribution in [3.63, 3.8) is 0 Å². The van der Waals surface area contributed by atoms with Crippen LogP contribution in [0.3, 0.4) is 0 Å². The van der Waals surface area contributed by atoms with Crippen molar-refractivity contribution in [3.05, 3.63) is 0 Å². The number of nitrogens with one attached hydrogen (secondary N) is 1. The molecule has 0 amide bonds. The summed E-state index contributed by atoms with van der Waals surface area (Å²) < 4.78 is 0. The van der Waals surface area contributed by atoms with Gasteiger partial charge in [-0.1, -0.05) is 6.92 Å². The molecule has 0 aromatic carbocycles. The van der Waals surface area contributed by atoms with Crippen LogP contribution in [0.15, 0.2) is 0 Å². The molecule has 0 heterocycles. The van der Waals surface area contributed by atoms with E-state index in [1.54, 1.807) is 0 Å². The van der Waals surface area contributed by atoms with Crippen LogP contribution in [0.1, 0.15) is 53.4 Å². The van der Waals surface area contributed by atoms with E-state index in [1.807, 2.05) is 0 Å². The molecule has 0 spiro atoms. The quantitative estimate of drug-likeness (QED) is 0.726. The van der Waals surface area contributed by atoms with Gasteiger partial charge >= 0.3 is 0 Å². The highest BCUT2D eigenvalue weighted by atomic mass is 15.0. The van der Waals surface area contributed by atoms with Gasteiger partial charge in [0.2, 0.25) is 0 Å². The number of hydrogen-bond donors (Lipinski definition) is 1. The lowest BCUT2D eigenvalue weighted by Crippen LogP contribution is -2.44. The highest BCUT2D eigenvalue weighted by molar-refractivity contribution is 5.02. The minimum atomic E-state index is 0.283. The zero-order valence-electron chi connectivity index (χ0n) is 10.2. The van der Waals surface area contributed by atoms with Gasteiger partial charge in [-0.25, -0.2) is 0 Å². The van der Waals surface area contributed by atoms with Gasteiger partial charge in [-0.05, 0) is 63.7 Å². The summed E-state index contributed by atoms with van der Waals surface area (Å²) in [5.74, 6) is 2.06. The predicted octanol–water partition coefficient (Wildman–Crippen LogP) is 3.20. The molecule has 2 rings (SSSR count). The van der Waals surface area contributed by atoms with Crippen LogP contribution in [0.4, 0.5) is 0 Å². The topological polar surface area (TPSA) is 12.0 Å². The highest BCUT2D eigenvalue weighted by Crippen LogP contribution is 2.57. The maximum absolute atomic E-state index is 3.71. The van der Waals surface area contributed by atoms with Crippen molar-refractivity contribution in [3.8, 4) is 0 Å². The predicted molar refractivity (Wildman–Crippen MR) is 61.3 cm³/mol. The van der Waals surface area contributed by atoms with Crippen LogP contribution in [-0.4, -0.2) is 12.1 Å². The van der Waals surface area contributed by atoms with E-state index in [0.717, 1.165) is 11.8 Å². The van der Waals surface area contributed by atoms with E-state index in [-0.39, 0.29) is 5.54 Å². The lowest BCUT2D eigenvalue weighted by Gasteiger charge is -2.34. The van der Waals surface area contributed by atoms with Crippen molar-refractivity contribution >= 4 is 0 Å². The van der Waals surface area contributed by atoms with Crippen LogP contribution in [0.2, 0.25) is 0 Å². The van der Waals surface area contributed by atoms with Crippen molar-refractivity contribution in [2.24, 2.45) is 17.3 Å². The standard InChI is InChI=1S/C13H25N/c1-12(2,3)14-9-13(4,10-5-6-10)11-7-8-11/h10-11,14H,5-9H2,1-4H3. The molecule has 2 saturated carbocycles. The summed E-state index contributed by atoms with van der Waals surface area (Å²) >= 11 is 0. The first-order valence-corrected chi connectivity index (χ1v) is 6.17. The van der Waals surface area contributed by atoms with Gasteiger partial charge in [-0.15, -0.1) is 0 Å². The molecule has 0 unspecified atom stereocenters. The summed E-state index contributed by atoms with van der Waals surface area (Å²) in [5, 5.41) is 3.71. The fourth-order valence-electron chi connectivity index (χ4n) is 2.56. The van der Waals surface area contributed by atoms with Crippen LogP contribution >= 0.6 is 0 Å². The van der Waals surface area contributed by atoms with Crippen LogP contribution in [0.25, 0.3) is 0 Å². The Balaban J connectivity index is 1.91. The van der Waals surface area contributed by atoms with E-state index >= 15 is 0 Å². The Labute approximate surface area is 88.7 Å². The Hall–Kier alpha value is -0.0400. The van der Waals surface area contributed by atoms with Gasteiger partial charge in [0.25, 0.3) is 0 Å². The SMILES string of the molecule is CC(C)(C)NCC(C)(C1CC1)C1CC1. The zero-order valence-corrected chi connectivity index (χ0v) is 10.2. The molecule has 82 valence electrons. The Morgan fingerprint density at radius 2 is 1.36 bits per heavy atom. The van der Waals surface area contributed by atoms with Gasteiger partial charge < -0.3 is 5.32 Å². The number of hydrogen-bond acceptors (Lipinski definition) is 1. The lowest BCUT2D eigenvalue weighted by atomic mass is 9.79. The molecule has 0 bridgehead atoms. The van der Waals surface area contributed by atoms with Crippen LogP contribution < -0.4 is 5.32 Å². The molecular formula is C13H25N. The van der Waals surface area contributed by atoms with Crippen LogP contribution in [-0.2, 0) is 0 Å². The normalized spacial score (nSPS) is 24.0. The van der Waals surface area contributed by atoms with Crippen molar-refractivity contribution < 1.29 is 0 Å². The van der Waals surface area contributed by atoms with E-state index in [2.05, 4.69) is 33.0 Å². The summed E-state index contributed by atoms with van der Waals surface area (Å²) in [7, 11) is 0. The number of rotatable bonds is 4. The molecule has 1 nitrogen and oxygen atoms in total. The fraction of sp³-hybridized carbons (Fsp3) is 1.00. The molecular weight excluding hydrogens is 170 g/mol. The Kier molecular flexibility index (Phi) is 2.42.